The predicted octanol–water partition coefficient (Wildman–Crippen LogP) is 3.73. The van der Waals surface area contributed by atoms with E-state index in [1.807, 2.05) is 24.3 Å². The van der Waals surface area contributed by atoms with Crippen molar-refractivity contribution in [3.05, 3.63) is 60.8 Å². The summed E-state index contributed by atoms with van der Waals surface area (Å²) >= 11 is 0. The Morgan fingerprint density at radius 3 is 2.70 bits per heavy atom. The zero-order valence-corrected chi connectivity index (χ0v) is 11.5. The van der Waals surface area contributed by atoms with Gasteiger partial charge in [0.2, 0.25) is 0 Å². The average Bonchev–Trinajstić information content (AvgIpc) is 2.91. The minimum atomic E-state index is 0.631. The van der Waals surface area contributed by atoms with E-state index in [-0.39, 0.29) is 0 Å². The normalized spacial score (nSPS) is 10.7. The molecule has 0 aliphatic heterocycles. The Hall–Kier alpha value is -2.42. The smallest absolute Gasteiger partial charge is 0.123 e. The first-order valence-corrected chi connectivity index (χ1v) is 6.67. The van der Waals surface area contributed by atoms with Gasteiger partial charge in [0, 0.05) is 17.8 Å². The number of para-hydroxylation sites is 1. The van der Waals surface area contributed by atoms with Gasteiger partial charge in [-0.15, -0.1) is 0 Å². The molecule has 102 valence electrons. The third-order valence-corrected chi connectivity index (χ3v) is 3.32. The lowest BCUT2D eigenvalue weighted by Gasteiger charge is -2.09. The van der Waals surface area contributed by atoms with Gasteiger partial charge in [-0.05, 0) is 29.7 Å². The summed E-state index contributed by atoms with van der Waals surface area (Å²) in [5.74, 6) is 1.65. The molecule has 3 nitrogen and oxygen atoms in total. The third-order valence-electron chi connectivity index (χ3n) is 3.32. The van der Waals surface area contributed by atoms with Gasteiger partial charge in [0.1, 0.15) is 18.1 Å². The van der Waals surface area contributed by atoms with E-state index >= 15 is 0 Å². The van der Waals surface area contributed by atoms with Gasteiger partial charge in [0.05, 0.1) is 13.7 Å². The summed E-state index contributed by atoms with van der Waals surface area (Å²) in [7, 11) is 1.66. The summed E-state index contributed by atoms with van der Waals surface area (Å²) in [5, 5.41) is 1.26. The minimum absolute atomic E-state index is 0.631. The van der Waals surface area contributed by atoms with Crippen LogP contribution in [-0.2, 0) is 6.54 Å². The summed E-state index contributed by atoms with van der Waals surface area (Å²) in [6, 6.07) is 18.2. The first-order chi connectivity index (χ1) is 9.86. The van der Waals surface area contributed by atoms with E-state index in [4.69, 9.17) is 9.47 Å². The molecule has 0 atom stereocenters. The fourth-order valence-corrected chi connectivity index (χ4v) is 2.29. The molecule has 0 saturated carbocycles. The summed E-state index contributed by atoms with van der Waals surface area (Å²) in [6.45, 7) is 1.45. The molecule has 0 bridgehead atoms. The first kappa shape index (κ1) is 12.6. The number of nitrogens with zero attached hydrogens (tertiary/aromatic N) is 1. The number of fused-ring (bicyclic) bond motifs is 1. The molecule has 0 spiro atoms. The van der Waals surface area contributed by atoms with Gasteiger partial charge >= 0.3 is 0 Å². The Bertz CT molecular complexity index is 703. The monoisotopic (exact) mass is 267 g/mol. The average molecular weight is 267 g/mol. The van der Waals surface area contributed by atoms with Crippen molar-refractivity contribution in [1.82, 2.24) is 4.57 Å². The Morgan fingerprint density at radius 1 is 0.950 bits per heavy atom. The molecule has 20 heavy (non-hydrogen) atoms. The molecule has 1 aromatic heterocycles. The highest BCUT2D eigenvalue weighted by molar-refractivity contribution is 5.79. The Balaban J connectivity index is 1.65. The van der Waals surface area contributed by atoms with Crippen molar-refractivity contribution in [1.29, 1.82) is 0 Å². The Kier molecular flexibility index (Phi) is 3.59. The third kappa shape index (κ3) is 2.62. The van der Waals surface area contributed by atoms with Crippen molar-refractivity contribution < 1.29 is 9.47 Å². The summed E-state index contributed by atoms with van der Waals surface area (Å²) in [5.41, 5.74) is 1.24. The SMILES string of the molecule is COc1cccc(OCCn2ccc3ccccc32)c1. The van der Waals surface area contributed by atoms with E-state index < -0.39 is 0 Å². The number of hydrogen-bond donors (Lipinski definition) is 0. The molecule has 3 rings (SSSR count). The Labute approximate surface area is 118 Å². The van der Waals surface area contributed by atoms with Crippen LogP contribution in [0.15, 0.2) is 60.8 Å². The van der Waals surface area contributed by atoms with Crippen LogP contribution in [-0.4, -0.2) is 18.3 Å². The molecule has 1 heterocycles. The second-order valence-corrected chi connectivity index (χ2v) is 4.60. The van der Waals surface area contributed by atoms with Crippen LogP contribution >= 0.6 is 0 Å². The van der Waals surface area contributed by atoms with Crippen molar-refractivity contribution in [2.45, 2.75) is 6.54 Å². The zero-order valence-electron chi connectivity index (χ0n) is 11.5. The van der Waals surface area contributed by atoms with E-state index in [2.05, 4.69) is 41.1 Å². The van der Waals surface area contributed by atoms with E-state index in [0.29, 0.717) is 6.61 Å². The second-order valence-electron chi connectivity index (χ2n) is 4.60. The first-order valence-electron chi connectivity index (χ1n) is 6.67. The molecule has 0 amide bonds. The maximum Gasteiger partial charge on any atom is 0.123 e. The fraction of sp³-hybridized carbons (Fsp3) is 0.176. The molecule has 3 aromatic rings. The molecule has 0 fully saturated rings. The topological polar surface area (TPSA) is 23.4 Å². The largest absolute Gasteiger partial charge is 0.497 e. The summed E-state index contributed by atoms with van der Waals surface area (Å²) < 4.78 is 13.2. The molecule has 0 unspecified atom stereocenters. The van der Waals surface area contributed by atoms with Crippen LogP contribution < -0.4 is 9.47 Å². The number of rotatable bonds is 5. The summed E-state index contributed by atoms with van der Waals surface area (Å²) in [6.07, 6.45) is 2.10. The Morgan fingerprint density at radius 2 is 1.80 bits per heavy atom. The quantitative estimate of drug-likeness (QED) is 0.703. The van der Waals surface area contributed by atoms with Gasteiger partial charge in [-0.2, -0.15) is 0 Å². The van der Waals surface area contributed by atoms with Crippen LogP contribution in [0.5, 0.6) is 11.5 Å². The fourth-order valence-electron chi connectivity index (χ4n) is 2.29. The van der Waals surface area contributed by atoms with Crippen LogP contribution in [0.25, 0.3) is 10.9 Å². The van der Waals surface area contributed by atoms with Crippen LogP contribution in [0.4, 0.5) is 0 Å². The van der Waals surface area contributed by atoms with Crippen molar-refractivity contribution >= 4 is 10.9 Å². The maximum absolute atomic E-state index is 5.77. The van der Waals surface area contributed by atoms with E-state index in [9.17, 15) is 0 Å². The van der Waals surface area contributed by atoms with Crippen molar-refractivity contribution in [3.8, 4) is 11.5 Å². The van der Waals surface area contributed by atoms with Gasteiger partial charge < -0.3 is 14.0 Å². The number of aromatic nitrogens is 1. The zero-order chi connectivity index (χ0) is 13.8. The van der Waals surface area contributed by atoms with Gasteiger partial charge in [-0.3, -0.25) is 0 Å². The van der Waals surface area contributed by atoms with Crippen LogP contribution in [0.3, 0.4) is 0 Å². The lowest BCUT2D eigenvalue weighted by molar-refractivity contribution is 0.298. The summed E-state index contributed by atoms with van der Waals surface area (Å²) in [4.78, 5) is 0. The van der Waals surface area contributed by atoms with E-state index in [1.165, 1.54) is 10.9 Å². The number of ether oxygens (including phenoxy) is 2. The highest BCUT2D eigenvalue weighted by Crippen LogP contribution is 2.19. The highest BCUT2D eigenvalue weighted by atomic mass is 16.5. The number of hydrogen-bond acceptors (Lipinski definition) is 2. The van der Waals surface area contributed by atoms with E-state index in [0.717, 1.165) is 18.0 Å². The minimum Gasteiger partial charge on any atom is -0.497 e. The highest BCUT2D eigenvalue weighted by Gasteiger charge is 2.01. The van der Waals surface area contributed by atoms with Crippen molar-refractivity contribution in [3.63, 3.8) is 0 Å². The van der Waals surface area contributed by atoms with Gasteiger partial charge in [0.15, 0.2) is 0 Å². The predicted molar refractivity (Wildman–Crippen MR) is 80.4 cm³/mol. The molecule has 0 aliphatic carbocycles. The second kappa shape index (κ2) is 5.70. The number of methoxy groups -OCH3 is 1. The molecule has 0 aliphatic rings. The molecule has 2 aromatic carbocycles. The van der Waals surface area contributed by atoms with Gasteiger partial charge in [-0.1, -0.05) is 24.3 Å². The van der Waals surface area contributed by atoms with Gasteiger partial charge in [0.25, 0.3) is 0 Å². The molecule has 0 saturated heterocycles. The van der Waals surface area contributed by atoms with Crippen molar-refractivity contribution in [2.75, 3.05) is 13.7 Å². The van der Waals surface area contributed by atoms with Gasteiger partial charge in [-0.25, -0.2) is 0 Å². The lowest BCUT2D eigenvalue weighted by Crippen LogP contribution is -2.07. The maximum atomic E-state index is 5.77. The lowest BCUT2D eigenvalue weighted by atomic mass is 10.2. The number of benzene rings is 2. The van der Waals surface area contributed by atoms with Crippen LogP contribution in [0, 0.1) is 0 Å². The molecular formula is C17H17NO2. The van der Waals surface area contributed by atoms with Crippen molar-refractivity contribution in [2.24, 2.45) is 0 Å². The molecule has 3 heteroatoms. The standard InChI is InChI=1S/C17H17NO2/c1-19-15-6-4-7-16(13-15)20-12-11-18-10-9-14-5-2-3-8-17(14)18/h2-10,13H,11-12H2,1H3. The van der Waals surface area contributed by atoms with E-state index in [1.54, 1.807) is 7.11 Å². The molecular weight excluding hydrogens is 250 g/mol. The molecule has 0 N–H and O–H groups in total. The van der Waals surface area contributed by atoms with Crippen LogP contribution in [0.1, 0.15) is 0 Å². The van der Waals surface area contributed by atoms with Crippen LogP contribution in [0.2, 0.25) is 0 Å². The molecule has 0 radical (unpaired) electrons.